The quantitative estimate of drug-likeness (QED) is 0.199. The van der Waals surface area contributed by atoms with Crippen LogP contribution in [-0.4, -0.2) is 4.57 Å². The van der Waals surface area contributed by atoms with Crippen LogP contribution in [0.15, 0.2) is 164 Å². The van der Waals surface area contributed by atoms with Gasteiger partial charge in [-0.1, -0.05) is 121 Å². The molecule has 0 saturated heterocycles. The van der Waals surface area contributed by atoms with Crippen molar-refractivity contribution < 1.29 is 0 Å². The van der Waals surface area contributed by atoms with Crippen molar-refractivity contribution in [1.82, 2.24) is 4.57 Å². The summed E-state index contributed by atoms with van der Waals surface area (Å²) in [5.41, 5.74) is 14.1. The number of aromatic nitrogens is 1. The summed E-state index contributed by atoms with van der Waals surface area (Å²) < 4.78 is 2.29. The van der Waals surface area contributed by atoms with Gasteiger partial charge in [0, 0.05) is 22.1 Å². The standard InChI is InChI=1S/C44H27N3/c45-28-29-25-30(46-40-21-9-3-15-34(40)35-16-4-10-22-41(35)46)27-31(26-29)47-42-23-11-7-19-38(42)44(39-20-8-12-24-43(39)47)36-17-5-1-13-32(36)33-14-2-6-18-37(33)44/h1-27H. The first-order chi connectivity index (χ1) is 23.3. The minimum Gasteiger partial charge on any atom is -0.310 e. The van der Waals surface area contributed by atoms with Crippen LogP contribution >= 0.6 is 0 Å². The second kappa shape index (κ2) is 9.57. The second-order valence-corrected chi connectivity index (χ2v) is 12.4. The number of hydrogen-bond donors (Lipinski definition) is 0. The second-order valence-electron chi connectivity index (χ2n) is 12.4. The summed E-state index contributed by atoms with van der Waals surface area (Å²) in [6.45, 7) is 0. The van der Waals surface area contributed by atoms with Crippen molar-refractivity contribution >= 4 is 38.9 Å². The molecular formula is C44H27N3. The minimum absolute atomic E-state index is 0.473. The molecule has 3 nitrogen and oxygen atoms in total. The summed E-state index contributed by atoms with van der Waals surface area (Å²) in [5.74, 6) is 0. The Bertz CT molecular complexity index is 2470. The normalized spacial score (nSPS) is 13.6. The Hall–Kier alpha value is -6.37. The summed E-state index contributed by atoms with van der Waals surface area (Å²) in [6.07, 6.45) is 0. The monoisotopic (exact) mass is 597 g/mol. The first-order valence-electron chi connectivity index (χ1n) is 16.0. The lowest BCUT2D eigenvalue weighted by atomic mass is 9.64. The van der Waals surface area contributed by atoms with E-state index in [9.17, 15) is 5.26 Å². The maximum Gasteiger partial charge on any atom is 0.0993 e. The highest BCUT2D eigenvalue weighted by atomic mass is 15.2. The van der Waals surface area contributed by atoms with Crippen molar-refractivity contribution in [3.8, 4) is 22.9 Å². The molecule has 0 bridgehead atoms. The van der Waals surface area contributed by atoms with Crippen LogP contribution in [0.5, 0.6) is 0 Å². The Morgan fingerprint density at radius 3 is 1.45 bits per heavy atom. The molecule has 0 unspecified atom stereocenters. The van der Waals surface area contributed by atoms with Crippen molar-refractivity contribution in [2.45, 2.75) is 5.41 Å². The van der Waals surface area contributed by atoms with Crippen molar-refractivity contribution in [2.75, 3.05) is 4.90 Å². The molecule has 0 saturated carbocycles. The number of nitriles is 1. The van der Waals surface area contributed by atoms with Crippen LogP contribution in [0, 0.1) is 11.3 Å². The fourth-order valence-corrected chi connectivity index (χ4v) is 8.46. The molecule has 47 heavy (non-hydrogen) atoms. The van der Waals surface area contributed by atoms with Crippen LogP contribution < -0.4 is 4.90 Å². The van der Waals surface area contributed by atoms with E-state index in [1.54, 1.807) is 0 Å². The lowest BCUT2D eigenvalue weighted by molar-refractivity contribution is 0.752. The van der Waals surface area contributed by atoms with E-state index in [0.717, 1.165) is 33.8 Å². The summed E-state index contributed by atoms with van der Waals surface area (Å²) in [7, 11) is 0. The van der Waals surface area contributed by atoms with Gasteiger partial charge in [-0.25, -0.2) is 0 Å². The lowest BCUT2D eigenvalue weighted by Gasteiger charge is -2.45. The molecule has 218 valence electrons. The highest BCUT2D eigenvalue weighted by Gasteiger charge is 2.51. The molecule has 10 rings (SSSR count). The molecule has 1 aromatic heterocycles. The molecule has 7 aromatic carbocycles. The predicted molar refractivity (Wildman–Crippen MR) is 191 cm³/mol. The predicted octanol–water partition coefficient (Wildman–Crippen LogP) is 10.8. The third kappa shape index (κ3) is 3.34. The van der Waals surface area contributed by atoms with Crippen LogP contribution in [0.2, 0.25) is 0 Å². The fourth-order valence-electron chi connectivity index (χ4n) is 8.46. The van der Waals surface area contributed by atoms with Gasteiger partial charge < -0.3 is 9.47 Å². The number of nitrogens with zero attached hydrogens (tertiary/aromatic N) is 3. The number of hydrogen-bond acceptors (Lipinski definition) is 2. The van der Waals surface area contributed by atoms with Crippen LogP contribution in [0.1, 0.15) is 27.8 Å². The maximum atomic E-state index is 10.4. The van der Waals surface area contributed by atoms with Crippen molar-refractivity contribution in [1.29, 1.82) is 5.26 Å². The SMILES string of the molecule is N#Cc1cc(N2c3ccccc3C3(c4ccccc4-c4ccccc43)c3ccccc32)cc(-n2c3ccccc3c3ccccc32)c1. The highest BCUT2D eigenvalue weighted by Crippen LogP contribution is 2.63. The van der Waals surface area contributed by atoms with Gasteiger partial charge in [0.2, 0.25) is 0 Å². The fraction of sp³-hybridized carbons (Fsp3) is 0.0227. The Morgan fingerprint density at radius 2 is 0.894 bits per heavy atom. The van der Waals surface area contributed by atoms with Crippen molar-refractivity contribution in [2.24, 2.45) is 0 Å². The number of benzene rings is 7. The van der Waals surface area contributed by atoms with Gasteiger partial charge in [-0.3, -0.25) is 0 Å². The summed E-state index contributed by atoms with van der Waals surface area (Å²) in [4.78, 5) is 2.36. The van der Waals surface area contributed by atoms with Gasteiger partial charge in [-0.2, -0.15) is 5.26 Å². The molecule has 2 aliphatic rings. The Morgan fingerprint density at radius 1 is 0.447 bits per heavy atom. The smallest absolute Gasteiger partial charge is 0.0993 e. The molecule has 0 fully saturated rings. The zero-order valence-corrected chi connectivity index (χ0v) is 25.4. The van der Waals surface area contributed by atoms with Crippen molar-refractivity contribution in [3.05, 3.63) is 192 Å². The van der Waals surface area contributed by atoms with Gasteiger partial charge in [0.05, 0.1) is 39.5 Å². The first-order valence-corrected chi connectivity index (χ1v) is 16.0. The minimum atomic E-state index is -0.473. The molecule has 3 heteroatoms. The molecule has 1 aliphatic carbocycles. The zero-order chi connectivity index (χ0) is 31.1. The van der Waals surface area contributed by atoms with E-state index in [1.165, 1.54) is 44.2 Å². The van der Waals surface area contributed by atoms with E-state index in [2.05, 4.69) is 167 Å². The highest BCUT2D eigenvalue weighted by molar-refractivity contribution is 6.09. The number of anilines is 3. The van der Waals surface area contributed by atoms with Gasteiger partial charge >= 0.3 is 0 Å². The Labute approximate surface area is 272 Å². The first kappa shape index (κ1) is 25.9. The van der Waals surface area contributed by atoms with Gasteiger partial charge in [0.25, 0.3) is 0 Å². The average molecular weight is 598 g/mol. The Kier molecular flexibility index (Phi) is 5.27. The average Bonchev–Trinajstić information content (AvgIpc) is 3.63. The summed E-state index contributed by atoms with van der Waals surface area (Å²) >= 11 is 0. The topological polar surface area (TPSA) is 32.0 Å². The van der Waals surface area contributed by atoms with E-state index >= 15 is 0 Å². The van der Waals surface area contributed by atoms with Gasteiger partial charge in [0.1, 0.15) is 0 Å². The van der Waals surface area contributed by atoms with E-state index < -0.39 is 5.41 Å². The zero-order valence-electron chi connectivity index (χ0n) is 25.4. The summed E-state index contributed by atoms with van der Waals surface area (Å²) in [6, 6.07) is 61.1. The van der Waals surface area contributed by atoms with E-state index in [0.29, 0.717) is 5.56 Å². The van der Waals surface area contributed by atoms with E-state index in [1.807, 2.05) is 12.1 Å². The maximum absolute atomic E-state index is 10.4. The molecule has 1 spiro atoms. The van der Waals surface area contributed by atoms with Crippen molar-refractivity contribution in [3.63, 3.8) is 0 Å². The summed E-state index contributed by atoms with van der Waals surface area (Å²) in [5, 5.41) is 12.8. The molecule has 0 atom stereocenters. The number of fused-ring (bicyclic) bond motifs is 12. The molecule has 8 aromatic rings. The molecule has 2 heterocycles. The molecule has 1 aliphatic heterocycles. The van der Waals surface area contributed by atoms with Crippen LogP contribution in [0.4, 0.5) is 17.1 Å². The van der Waals surface area contributed by atoms with E-state index in [4.69, 9.17) is 0 Å². The van der Waals surface area contributed by atoms with E-state index in [-0.39, 0.29) is 0 Å². The third-order valence-corrected chi connectivity index (χ3v) is 10.2. The van der Waals surface area contributed by atoms with Crippen LogP contribution in [0.25, 0.3) is 38.6 Å². The van der Waals surface area contributed by atoms with Gasteiger partial charge in [-0.15, -0.1) is 0 Å². The third-order valence-electron chi connectivity index (χ3n) is 10.2. The van der Waals surface area contributed by atoms with Gasteiger partial charge in [-0.05, 0) is 75.8 Å². The largest absolute Gasteiger partial charge is 0.310 e. The molecule has 0 amide bonds. The van der Waals surface area contributed by atoms with Crippen LogP contribution in [0.3, 0.4) is 0 Å². The van der Waals surface area contributed by atoms with Gasteiger partial charge in [0.15, 0.2) is 0 Å². The molecule has 0 radical (unpaired) electrons. The number of rotatable bonds is 2. The number of para-hydroxylation sites is 4. The Balaban J connectivity index is 1.28. The lowest BCUT2D eigenvalue weighted by Crippen LogP contribution is -2.36. The molecule has 0 N–H and O–H groups in total. The molecular weight excluding hydrogens is 571 g/mol. The van der Waals surface area contributed by atoms with Crippen LogP contribution in [-0.2, 0) is 5.41 Å².